The molecule has 3 N–H and O–H groups in total. The number of piperidine rings is 1. The van der Waals surface area contributed by atoms with Crippen molar-refractivity contribution >= 4 is 40.2 Å². The number of pyridine rings is 1. The summed E-state index contributed by atoms with van der Waals surface area (Å²) in [6.07, 6.45) is 2.73. The molecule has 1 aliphatic rings. The molecule has 0 atom stereocenters. The number of benzene rings is 2. The number of rotatable bonds is 7. The van der Waals surface area contributed by atoms with Crippen molar-refractivity contribution in [2.75, 3.05) is 30.4 Å². The number of imidazole rings is 1. The molecule has 0 unspecified atom stereocenters. The molecule has 2 aromatic carbocycles. The maximum Gasteiger partial charge on any atom is 0.258 e. The van der Waals surface area contributed by atoms with Gasteiger partial charge in [-0.15, -0.1) is 0 Å². The number of H-pyrrole nitrogens is 1. The number of fused-ring (bicyclic) bond motifs is 1. The number of halogens is 1. The zero-order chi connectivity index (χ0) is 27.6. The van der Waals surface area contributed by atoms with Gasteiger partial charge in [-0.05, 0) is 60.9 Å². The predicted molar refractivity (Wildman–Crippen MR) is 154 cm³/mol. The van der Waals surface area contributed by atoms with E-state index in [1.807, 2.05) is 36.4 Å². The number of aromatic nitrogens is 5. The second kappa shape index (κ2) is 11.0. The Bertz CT molecular complexity index is 1640. The Morgan fingerprint density at radius 3 is 2.65 bits per heavy atom. The smallest absolute Gasteiger partial charge is 0.258 e. The lowest BCUT2D eigenvalue weighted by molar-refractivity contribution is 0.102. The molecular weight excluding hydrogens is 530 g/mol. The first-order valence-corrected chi connectivity index (χ1v) is 13.4. The summed E-state index contributed by atoms with van der Waals surface area (Å²) in [6.45, 7) is 1.93. The lowest BCUT2D eigenvalue weighted by Crippen LogP contribution is -2.36. The molecule has 1 amide bonds. The number of nitrogens with zero attached hydrogens (tertiary/aromatic N) is 5. The van der Waals surface area contributed by atoms with Crippen molar-refractivity contribution < 1.29 is 14.6 Å². The van der Waals surface area contributed by atoms with E-state index in [-0.39, 0.29) is 12.0 Å². The maximum absolute atomic E-state index is 13.1. The molecule has 3 aromatic heterocycles. The van der Waals surface area contributed by atoms with Crippen LogP contribution in [0, 0.1) is 0 Å². The molecular formula is C29H28ClN7O3. The van der Waals surface area contributed by atoms with Crippen LogP contribution < -0.4 is 15.0 Å². The number of hydrogen-bond donors (Lipinski definition) is 3. The SMILES string of the molecule is COc1ccc(Cn2nc(NC(=O)c3ccc(N4CCC(O)CC4)nc3)cc2-c2nc3cc(Cl)ccc3[nH]2)cc1. The zero-order valence-electron chi connectivity index (χ0n) is 21.8. The molecule has 0 radical (unpaired) electrons. The molecule has 0 aliphatic carbocycles. The highest BCUT2D eigenvalue weighted by atomic mass is 35.5. The fourth-order valence-corrected chi connectivity index (χ4v) is 4.95. The minimum atomic E-state index is -0.315. The molecule has 40 heavy (non-hydrogen) atoms. The van der Waals surface area contributed by atoms with E-state index >= 15 is 0 Å². The summed E-state index contributed by atoms with van der Waals surface area (Å²) in [5.41, 5.74) is 3.72. The van der Waals surface area contributed by atoms with Crippen LogP contribution in [-0.4, -0.2) is 62.0 Å². The number of amides is 1. The van der Waals surface area contributed by atoms with Gasteiger partial charge in [0.25, 0.3) is 5.91 Å². The fraction of sp³-hybridized carbons (Fsp3) is 0.241. The second-order valence-corrected chi connectivity index (χ2v) is 10.2. The van der Waals surface area contributed by atoms with Crippen LogP contribution in [0.15, 0.2) is 66.9 Å². The predicted octanol–water partition coefficient (Wildman–Crippen LogP) is 4.75. The number of aliphatic hydroxyl groups is 1. The third-order valence-corrected chi connectivity index (χ3v) is 7.23. The highest BCUT2D eigenvalue weighted by Crippen LogP contribution is 2.26. The largest absolute Gasteiger partial charge is 0.497 e. The van der Waals surface area contributed by atoms with E-state index < -0.39 is 0 Å². The van der Waals surface area contributed by atoms with Gasteiger partial charge in [0.15, 0.2) is 11.6 Å². The van der Waals surface area contributed by atoms with Crippen molar-refractivity contribution in [2.24, 2.45) is 0 Å². The Labute approximate surface area is 235 Å². The number of hydrogen-bond acceptors (Lipinski definition) is 7. The van der Waals surface area contributed by atoms with Gasteiger partial charge in [0.1, 0.15) is 17.3 Å². The van der Waals surface area contributed by atoms with Gasteiger partial charge < -0.3 is 25.0 Å². The van der Waals surface area contributed by atoms with Gasteiger partial charge in [-0.25, -0.2) is 9.97 Å². The molecule has 6 rings (SSSR count). The molecule has 5 aromatic rings. The summed E-state index contributed by atoms with van der Waals surface area (Å²) in [4.78, 5) is 27.8. The van der Waals surface area contributed by atoms with E-state index in [0.717, 1.165) is 41.3 Å². The fourth-order valence-electron chi connectivity index (χ4n) is 4.78. The van der Waals surface area contributed by atoms with Gasteiger partial charge in [-0.1, -0.05) is 23.7 Å². The van der Waals surface area contributed by atoms with Crippen LogP contribution in [0.5, 0.6) is 5.75 Å². The number of carbonyl (C=O) groups is 1. The Hall–Kier alpha value is -4.41. The second-order valence-electron chi connectivity index (χ2n) is 9.74. The Morgan fingerprint density at radius 2 is 1.93 bits per heavy atom. The van der Waals surface area contributed by atoms with Crippen molar-refractivity contribution in [1.82, 2.24) is 24.7 Å². The molecule has 1 aliphatic heterocycles. The van der Waals surface area contributed by atoms with E-state index in [4.69, 9.17) is 26.4 Å². The highest BCUT2D eigenvalue weighted by molar-refractivity contribution is 6.31. The first kappa shape index (κ1) is 25.8. The first-order valence-electron chi connectivity index (χ1n) is 13.0. The first-order chi connectivity index (χ1) is 19.4. The third kappa shape index (κ3) is 5.49. The van der Waals surface area contributed by atoms with Gasteiger partial charge >= 0.3 is 0 Å². The summed E-state index contributed by atoms with van der Waals surface area (Å²) in [5.74, 6) is 2.24. The van der Waals surface area contributed by atoms with Crippen LogP contribution in [0.3, 0.4) is 0 Å². The minimum Gasteiger partial charge on any atom is -0.497 e. The van der Waals surface area contributed by atoms with Crippen molar-refractivity contribution in [3.8, 4) is 17.3 Å². The number of ether oxygens (including phenoxy) is 1. The number of anilines is 2. The van der Waals surface area contributed by atoms with Crippen LogP contribution in [-0.2, 0) is 6.54 Å². The van der Waals surface area contributed by atoms with E-state index in [1.165, 1.54) is 0 Å². The van der Waals surface area contributed by atoms with Gasteiger partial charge in [-0.2, -0.15) is 5.10 Å². The minimum absolute atomic E-state index is 0.256. The maximum atomic E-state index is 13.1. The molecule has 0 bridgehead atoms. The van der Waals surface area contributed by atoms with Crippen LogP contribution in [0.4, 0.5) is 11.6 Å². The van der Waals surface area contributed by atoms with Gasteiger partial charge in [0, 0.05) is 30.4 Å². The topological polar surface area (TPSA) is 121 Å². The number of methoxy groups -OCH3 is 1. The number of aliphatic hydroxyl groups excluding tert-OH is 1. The van der Waals surface area contributed by atoms with Crippen LogP contribution in [0.25, 0.3) is 22.6 Å². The summed E-state index contributed by atoms with van der Waals surface area (Å²) in [6, 6.07) is 18.6. The number of carbonyl (C=O) groups excluding carboxylic acids is 1. The molecule has 10 nitrogen and oxygen atoms in total. The van der Waals surface area contributed by atoms with Crippen LogP contribution in [0.2, 0.25) is 5.02 Å². The van der Waals surface area contributed by atoms with E-state index in [0.29, 0.717) is 47.3 Å². The lowest BCUT2D eigenvalue weighted by atomic mass is 10.1. The van der Waals surface area contributed by atoms with Gasteiger partial charge in [0.2, 0.25) is 0 Å². The van der Waals surface area contributed by atoms with E-state index in [9.17, 15) is 9.90 Å². The molecule has 11 heteroatoms. The third-order valence-electron chi connectivity index (χ3n) is 7.00. The average molecular weight is 558 g/mol. The van der Waals surface area contributed by atoms with Gasteiger partial charge in [0.05, 0.1) is 36.4 Å². The molecule has 1 fully saturated rings. The standard InChI is InChI=1S/C29H28ClN7O3/c1-40-22-6-2-18(3-7-22)17-37-25(28-32-23-8-5-20(30)14-24(23)33-28)15-26(35-37)34-29(39)19-4-9-27(31-16-19)36-12-10-21(38)11-13-36/h2-9,14-16,21,38H,10-13,17H2,1H3,(H,32,33)(H,34,35,39). The van der Waals surface area contributed by atoms with Gasteiger partial charge in [-0.3, -0.25) is 9.48 Å². The van der Waals surface area contributed by atoms with Crippen molar-refractivity contribution in [1.29, 1.82) is 0 Å². The zero-order valence-corrected chi connectivity index (χ0v) is 22.6. The number of aromatic amines is 1. The highest BCUT2D eigenvalue weighted by Gasteiger charge is 2.20. The Kier molecular flexibility index (Phi) is 7.10. The summed E-state index contributed by atoms with van der Waals surface area (Å²) in [7, 11) is 1.63. The van der Waals surface area contributed by atoms with Crippen LogP contribution in [0.1, 0.15) is 28.8 Å². The monoisotopic (exact) mass is 557 g/mol. The average Bonchev–Trinajstić information content (AvgIpc) is 3.57. The van der Waals surface area contributed by atoms with E-state index in [1.54, 1.807) is 42.3 Å². The van der Waals surface area contributed by atoms with Crippen molar-refractivity contribution in [3.05, 3.63) is 83.0 Å². The Morgan fingerprint density at radius 1 is 1.12 bits per heavy atom. The normalized spacial score (nSPS) is 14.0. The van der Waals surface area contributed by atoms with E-state index in [2.05, 4.69) is 20.2 Å². The quantitative estimate of drug-likeness (QED) is 0.264. The summed E-state index contributed by atoms with van der Waals surface area (Å²) >= 11 is 6.17. The Balaban J connectivity index is 1.26. The molecule has 0 spiro atoms. The van der Waals surface area contributed by atoms with Crippen LogP contribution >= 0.6 is 11.6 Å². The summed E-state index contributed by atoms with van der Waals surface area (Å²) < 4.78 is 7.07. The number of nitrogens with one attached hydrogen (secondary N) is 2. The molecule has 204 valence electrons. The molecule has 4 heterocycles. The summed E-state index contributed by atoms with van der Waals surface area (Å²) in [5, 5.41) is 17.9. The molecule has 0 saturated carbocycles. The molecule has 1 saturated heterocycles. The van der Waals surface area contributed by atoms with Crippen molar-refractivity contribution in [2.45, 2.75) is 25.5 Å². The lowest BCUT2D eigenvalue weighted by Gasteiger charge is -2.30. The van der Waals surface area contributed by atoms with Crippen molar-refractivity contribution in [3.63, 3.8) is 0 Å².